The summed E-state index contributed by atoms with van der Waals surface area (Å²) < 4.78 is 0. The number of hydrogen-bond acceptors (Lipinski definition) is 2. The maximum Gasteiger partial charge on any atom is 0.171 e. The lowest BCUT2D eigenvalue weighted by Gasteiger charge is -2.20. The van der Waals surface area contributed by atoms with Gasteiger partial charge in [-0.05, 0) is 28.7 Å². The maximum absolute atomic E-state index is 13.1. The Morgan fingerprint density at radius 2 is 1.37 bits per heavy atom. The van der Waals surface area contributed by atoms with Crippen LogP contribution in [0.25, 0.3) is 0 Å². The Morgan fingerprint density at radius 1 is 0.815 bits per heavy atom. The topological polar surface area (TPSA) is 17.1 Å². The van der Waals surface area contributed by atoms with E-state index in [-0.39, 0.29) is 17.1 Å². The molecule has 0 aliphatic heterocycles. The van der Waals surface area contributed by atoms with E-state index in [2.05, 4.69) is 57.2 Å². The molecular weight excluding hydrogens is 348 g/mol. The summed E-state index contributed by atoms with van der Waals surface area (Å²) in [5.74, 6) is 0.758. The van der Waals surface area contributed by atoms with Crippen LogP contribution in [0.1, 0.15) is 48.2 Å². The van der Waals surface area contributed by atoms with Crippen molar-refractivity contribution in [2.24, 2.45) is 0 Å². The first-order valence-corrected chi connectivity index (χ1v) is 10.3. The predicted octanol–water partition coefficient (Wildman–Crippen LogP) is 6.74. The largest absolute Gasteiger partial charge is 0.293 e. The van der Waals surface area contributed by atoms with Crippen LogP contribution in [-0.2, 0) is 5.41 Å². The van der Waals surface area contributed by atoms with Crippen LogP contribution in [0.5, 0.6) is 0 Å². The second-order valence-corrected chi connectivity index (χ2v) is 8.87. The molecule has 3 aromatic carbocycles. The molecule has 1 nitrogen and oxygen atoms in total. The van der Waals surface area contributed by atoms with Crippen LogP contribution < -0.4 is 0 Å². The van der Waals surface area contributed by atoms with E-state index in [1.165, 1.54) is 10.5 Å². The molecule has 0 heterocycles. The highest BCUT2D eigenvalue weighted by atomic mass is 32.2. The second-order valence-electron chi connectivity index (χ2n) is 7.78. The fourth-order valence-electron chi connectivity index (χ4n) is 3.04. The quantitative estimate of drug-likeness (QED) is 0.351. The van der Waals surface area contributed by atoms with Gasteiger partial charge in [-0.2, -0.15) is 0 Å². The molecule has 1 unspecified atom stereocenters. The number of ketones is 1. The SMILES string of the molecule is CC(C)(C)c1ccc(SCC(C(=O)c2ccccc2)c2ccccc2)cc1. The molecule has 0 fully saturated rings. The van der Waals surface area contributed by atoms with Gasteiger partial charge < -0.3 is 0 Å². The van der Waals surface area contributed by atoms with E-state index in [0.717, 1.165) is 16.9 Å². The van der Waals surface area contributed by atoms with Crippen molar-refractivity contribution in [1.29, 1.82) is 0 Å². The third-order valence-electron chi connectivity index (χ3n) is 4.71. The summed E-state index contributed by atoms with van der Waals surface area (Å²) >= 11 is 1.74. The molecule has 1 atom stereocenters. The van der Waals surface area contributed by atoms with Gasteiger partial charge in [-0.3, -0.25) is 4.79 Å². The zero-order valence-electron chi connectivity index (χ0n) is 16.2. The summed E-state index contributed by atoms with van der Waals surface area (Å²) in [6, 6.07) is 28.4. The van der Waals surface area contributed by atoms with Crippen molar-refractivity contribution in [2.45, 2.75) is 37.0 Å². The van der Waals surface area contributed by atoms with Gasteiger partial charge in [0.25, 0.3) is 0 Å². The van der Waals surface area contributed by atoms with E-state index in [0.29, 0.717) is 0 Å². The van der Waals surface area contributed by atoms with Gasteiger partial charge in [-0.1, -0.05) is 93.6 Å². The van der Waals surface area contributed by atoms with Crippen molar-refractivity contribution in [3.8, 4) is 0 Å². The van der Waals surface area contributed by atoms with E-state index in [9.17, 15) is 4.79 Å². The van der Waals surface area contributed by atoms with E-state index in [4.69, 9.17) is 0 Å². The van der Waals surface area contributed by atoms with E-state index < -0.39 is 0 Å². The van der Waals surface area contributed by atoms with Gasteiger partial charge in [-0.25, -0.2) is 0 Å². The van der Waals surface area contributed by atoms with Crippen molar-refractivity contribution in [1.82, 2.24) is 0 Å². The van der Waals surface area contributed by atoms with Crippen LogP contribution in [0.2, 0.25) is 0 Å². The van der Waals surface area contributed by atoms with Crippen molar-refractivity contribution in [3.63, 3.8) is 0 Å². The highest BCUT2D eigenvalue weighted by molar-refractivity contribution is 7.99. The van der Waals surface area contributed by atoms with Crippen LogP contribution in [0.15, 0.2) is 89.8 Å². The van der Waals surface area contributed by atoms with Gasteiger partial charge >= 0.3 is 0 Å². The minimum atomic E-state index is -0.152. The highest BCUT2D eigenvalue weighted by Gasteiger charge is 2.22. The molecule has 0 aliphatic carbocycles. The van der Waals surface area contributed by atoms with E-state index in [1.54, 1.807) is 11.8 Å². The fourth-order valence-corrected chi connectivity index (χ4v) is 4.07. The molecule has 27 heavy (non-hydrogen) atoms. The van der Waals surface area contributed by atoms with Gasteiger partial charge in [0.2, 0.25) is 0 Å². The highest BCUT2D eigenvalue weighted by Crippen LogP contribution is 2.31. The summed E-state index contributed by atoms with van der Waals surface area (Å²) in [5.41, 5.74) is 3.32. The second kappa shape index (κ2) is 8.58. The van der Waals surface area contributed by atoms with Crippen molar-refractivity contribution < 1.29 is 4.79 Å². The van der Waals surface area contributed by atoms with Crippen LogP contribution in [-0.4, -0.2) is 11.5 Å². The van der Waals surface area contributed by atoms with Crippen molar-refractivity contribution >= 4 is 17.5 Å². The third-order valence-corrected chi connectivity index (χ3v) is 5.82. The van der Waals surface area contributed by atoms with Crippen LogP contribution in [0, 0.1) is 0 Å². The lowest BCUT2D eigenvalue weighted by molar-refractivity contribution is 0.0968. The molecule has 0 bridgehead atoms. The first-order valence-electron chi connectivity index (χ1n) is 9.33. The average molecular weight is 375 g/mol. The third kappa shape index (κ3) is 5.11. The van der Waals surface area contributed by atoms with Crippen LogP contribution in [0.3, 0.4) is 0 Å². The smallest absolute Gasteiger partial charge is 0.171 e. The predicted molar refractivity (Wildman–Crippen MR) is 116 cm³/mol. The molecule has 0 saturated heterocycles. The molecule has 0 aromatic heterocycles. The standard InChI is InChI=1S/C25H26OS/c1-25(2,3)21-14-16-22(17-15-21)27-18-23(19-10-6-4-7-11-19)24(26)20-12-8-5-9-13-20/h4-17,23H,18H2,1-3H3. The minimum Gasteiger partial charge on any atom is -0.293 e. The Bertz CT molecular complexity index is 862. The van der Waals surface area contributed by atoms with Gasteiger partial charge in [0.05, 0.1) is 5.92 Å². The summed E-state index contributed by atoms with van der Waals surface area (Å²) in [6.45, 7) is 6.66. The van der Waals surface area contributed by atoms with Gasteiger partial charge in [-0.15, -0.1) is 11.8 Å². The molecule has 0 N–H and O–H groups in total. The number of Topliss-reactive ketones (excluding diaryl/α,β-unsaturated/α-hetero) is 1. The van der Waals surface area contributed by atoms with E-state index >= 15 is 0 Å². The molecule has 0 amide bonds. The molecule has 3 rings (SSSR count). The first kappa shape index (κ1) is 19.4. The summed E-state index contributed by atoms with van der Waals surface area (Å²) in [4.78, 5) is 14.3. The van der Waals surface area contributed by atoms with Gasteiger partial charge in [0.15, 0.2) is 5.78 Å². The zero-order valence-corrected chi connectivity index (χ0v) is 17.0. The van der Waals surface area contributed by atoms with Crippen molar-refractivity contribution in [3.05, 3.63) is 102 Å². The average Bonchev–Trinajstić information content (AvgIpc) is 2.69. The summed E-state index contributed by atoms with van der Waals surface area (Å²) in [5, 5.41) is 0. The number of carbonyl (C=O) groups excluding carboxylic acids is 1. The lowest BCUT2D eigenvalue weighted by Crippen LogP contribution is -2.15. The Balaban J connectivity index is 1.79. The molecule has 2 heteroatoms. The molecular formula is C25H26OS. The van der Waals surface area contributed by atoms with Gasteiger partial charge in [0.1, 0.15) is 0 Å². The number of hydrogen-bond donors (Lipinski definition) is 0. The number of benzene rings is 3. The van der Waals surface area contributed by atoms with Crippen molar-refractivity contribution in [2.75, 3.05) is 5.75 Å². The van der Waals surface area contributed by atoms with Crippen LogP contribution >= 0.6 is 11.8 Å². The molecule has 3 aromatic rings. The molecule has 0 radical (unpaired) electrons. The first-order chi connectivity index (χ1) is 12.9. The summed E-state index contributed by atoms with van der Waals surface area (Å²) in [7, 11) is 0. The van der Waals surface area contributed by atoms with Crippen LogP contribution in [0.4, 0.5) is 0 Å². The Morgan fingerprint density at radius 3 is 1.93 bits per heavy atom. The van der Waals surface area contributed by atoms with Gasteiger partial charge in [0, 0.05) is 16.2 Å². The molecule has 138 valence electrons. The normalized spacial score (nSPS) is 12.6. The Labute approximate surface area is 166 Å². The summed E-state index contributed by atoms with van der Waals surface area (Å²) in [6.07, 6.45) is 0. The minimum absolute atomic E-state index is 0.152. The number of rotatable bonds is 6. The molecule has 0 saturated carbocycles. The number of carbonyl (C=O) groups is 1. The number of thioether (sulfide) groups is 1. The zero-order chi connectivity index (χ0) is 19.3. The monoisotopic (exact) mass is 374 g/mol. The molecule has 0 aliphatic rings. The van der Waals surface area contributed by atoms with E-state index in [1.807, 2.05) is 48.5 Å². The lowest BCUT2D eigenvalue weighted by atomic mass is 9.87. The Hall–Kier alpha value is -2.32. The Kier molecular flexibility index (Phi) is 6.18. The maximum atomic E-state index is 13.1. The molecule has 0 spiro atoms. The fraction of sp³-hybridized carbons (Fsp3) is 0.240.